The number of hydrogen-bond donors (Lipinski definition) is 1. The molecule has 0 bridgehead atoms. The van der Waals surface area contributed by atoms with Crippen LogP contribution in [0.3, 0.4) is 0 Å². The molecule has 0 amide bonds. The molecule has 0 unspecified atom stereocenters. The molecule has 7 heteroatoms. The first kappa shape index (κ1) is 20.7. The molecule has 0 saturated heterocycles. The first-order valence-electron chi connectivity index (χ1n) is 8.95. The van der Waals surface area contributed by atoms with Crippen LogP contribution in [0.15, 0.2) is 28.8 Å². The number of benzene rings is 1. The van der Waals surface area contributed by atoms with Gasteiger partial charge in [-0.25, -0.2) is 0 Å². The Morgan fingerprint density at radius 1 is 1.19 bits per heavy atom. The minimum Gasteiger partial charge on any atom is -0.497 e. The van der Waals surface area contributed by atoms with Gasteiger partial charge in [-0.3, -0.25) is 0 Å². The van der Waals surface area contributed by atoms with Crippen molar-refractivity contribution in [2.45, 2.75) is 51.7 Å². The van der Waals surface area contributed by atoms with Gasteiger partial charge in [-0.2, -0.15) is 4.98 Å². The Hall–Kier alpha value is -1.63. The van der Waals surface area contributed by atoms with Gasteiger partial charge in [0.25, 0.3) is 0 Å². The second kappa shape index (κ2) is 9.90. The van der Waals surface area contributed by atoms with E-state index in [4.69, 9.17) is 19.7 Å². The third kappa shape index (κ3) is 5.43. The Balaban J connectivity index is 0.00000243. The molecule has 1 aromatic carbocycles. The molecular formula is C19H28ClN3O3. The molecule has 1 aromatic heterocycles. The highest BCUT2D eigenvalue weighted by Gasteiger charge is 2.32. The number of hydrogen-bond acceptors (Lipinski definition) is 6. The maximum absolute atomic E-state index is 6.04. The first-order valence-corrected chi connectivity index (χ1v) is 8.95. The molecule has 144 valence electrons. The molecule has 3 rings (SSSR count). The lowest BCUT2D eigenvalue weighted by atomic mass is 9.72. The first-order chi connectivity index (χ1) is 12.2. The molecule has 1 fully saturated rings. The van der Waals surface area contributed by atoms with Crippen molar-refractivity contribution in [3.8, 4) is 5.75 Å². The monoisotopic (exact) mass is 381 g/mol. The van der Waals surface area contributed by atoms with Crippen LogP contribution in [0.2, 0.25) is 0 Å². The molecule has 0 aliphatic heterocycles. The second-order valence-corrected chi connectivity index (χ2v) is 6.89. The molecule has 0 spiro atoms. The number of aromatic nitrogens is 2. The zero-order valence-electron chi connectivity index (χ0n) is 15.3. The van der Waals surface area contributed by atoms with Crippen LogP contribution in [0.4, 0.5) is 0 Å². The van der Waals surface area contributed by atoms with Gasteiger partial charge >= 0.3 is 0 Å². The van der Waals surface area contributed by atoms with E-state index < -0.39 is 0 Å². The van der Waals surface area contributed by atoms with Crippen LogP contribution >= 0.6 is 12.4 Å². The van der Waals surface area contributed by atoms with Gasteiger partial charge in [-0.05, 0) is 42.5 Å². The summed E-state index contributed by atoms with van der Waals surface area (Å²) in [6.45, 7) is 1.49. The minimum atomic E-state index is 0. The van der Waals surface area contributed by atoms with Crippen molar-refractivity contribution in [2.24, 2.45) is 11.1 Å². The summed E-state index contributed by atoms with van der Waals surface area (Å²) in [5, 5.41) is 4.04. The van der Waals surface area contributed by atoms with Crippen LogP contribution in [0.1, 0.15) is 49.4 Å². The summed E-state index contributed by atoms with van der Waals surface area (Å²) >= 11 is 0. The van der Waals surface area contributed by atoms with E-state index in [2.05, 4.69) is 10.1 Å². The molecular weight excluding hydrogens is 354 g/mol. The van der Waals surface area contributed by atoms with Crippen molar-refractivity contribution in [2.75, 3.05) is 13.7 Å². The molecule has 1 heterocycles. The van der Waals surface area contributed by atoms with Gasteiger partial charge in [0.15, 0.2) is 5.82 Å². The molecule has 2 N–H and O–H groups in total. The standard InChI is InChI=1S/C19H27N3O3.ClH/c1-23-16-7-5-6-15(10-16)12-24-13-17-21-18(25-22-17)11-19(14-20)8-3-2-4-9-19;/h5-7,10H,2-4,8-9,11-14,20H2,1H3;1H. The molecule has 0 radical (unpaired) electrons. The third-order valence-electron chi connectivity index (χ3n) is 5.02. The number of ether oxygens (including phenoxy) is 2. The normalized spacial score (nSPS) is 16.1. The number of methoxy groups -OCH3 is 1. The van der Waals surface area contributed by atoms with E-state index in [1.165, 1.54) is 19.3 Å². The molecule has 1 saturated carbocycles. The Labute approximate surface area is 160 Å². The highest BCUT2D eigenvalue weighted by Crippen LogP contribution is 2.38. The van der Waals surface area contributed by atoms with Crippen molar-refractivity contribution in [3.05, 3.63) is 41.5 Å². The van der Waals surface area contributed by atoms with Crippen LogP contribution in [-0.2, 0) is 24.4 Å². The predicted molar refractivity (Wildman–Crippen MR) is 101 cm³/mol. The lowest BCUT2D eigenvalue weighted by Gasteiger charge is -2.34. The van der Waals surface area contributed by atoms with E-state index in [1.807, 2.05) is 24.3 Å². The summed E-state index contributed by atoms with van der Waals surface area (Å²) in [4.78, 5) is 4.48. The van der Waals surface area contributed by atoms with Gasteiger partial charge in [0, 0.05) is 6.42 Å². The second-order valence-electron chi connectivity index (χ2n) is 6.89. The molecule has 26 heavy (non-hydrogen) atoms. The molecule has 6 nitrogen and oxygen atoms in total. The zero-order valence-corrected chi connectivity index (χ0v) is 16.1. The van der Waals surface area contributed by atoms with Gasteiger partial charge in [0.1, 0.15) is 12.4 Å². The van der Waals surface area contributed by atoms with Crippen molar-refractivity contribution in [1.29, 1.82) is 0 Å². The van der Waals surface area contributed by atoms with E-state index in [0.29, 0.717) is 31.5 Å². The van der Waals surface area contributed by atoms with E-state index in [1.54, 1.807) is 7.11 Å². The molecule has 1 aliphatic rings. The Morgan fingerprint density at radius 2 is 2.00 bits per heavy atom. The summed E-state index contributed by atoms with van der Waals surface area (Å²) in [5.74, 6) is 2.08. The molecule has 2 aromatic rings. The lowest BCUT2D eigenvalue weighted by molar-refractivity contribution is 0.0998. The highest BCUT2D eigenvalue weighted by molar-refractivity contribution is 5.85. The van der Waals surface area contributed by atoms with Crippen molar-refractivity contribution in [3.63, 3.8) is 0 Å². The van der Waals surface area contributed by atoms with E-state index >= 15 is 0 Å². The average Bonchev–Trinajstić information content (AvgIpc) is 3.09. The number of halogens is 1. The Morgan fingerprint density at radius 3 is 2.73 bits per heavy atom. The highest BCUT2D eigenvalue weighted by atomic mass is 35.5. The van der Waals surface area contributed by atoms with E-state index in [9.17, 15) is 0 Å². The van der Waals surface area contributed by atoms with Crippen molar-refractivity contribution >= 4 is 12.4 Å². The van der Waals surface area contributed by atoms with Gasteiger partial charge in [-0.15, -0.1) is 12.4 Å². The van der Waals surface area contributed by atoms with Gasteiger partial charge in [-0.1, -0.05) is 36.6 Å². The maximum atomic E-state index is 6.04. The topological polar surface area (TPSA) is 83.4 Å². The lowest BCUT2D eigenvalue weighted by Crippen LogP contribution is -2.35. The quantitative estimate of drug-likeness (QED) is 0.751. The number of rotatable bonds is 8. The average molecular weight is 382 g/mol. The fourth-order valence-corrected chi connectivity index (χ4v) is 3.52. The summed E-state index contributed by atoms with van der Waals surface area (Å²) in [7, 11) is 1.65. The maximum Gasteiger partial charge on any atom is 0.227 e. The summed E-state index contributed by atoms with van der Waals surface area (Å²) in [5.41, 5.74) is 7.21. The van der Waals surface area contributed by atoms with Crippen molar-refractivity contribution in [1.82, 2.24) is 10.1 Å². The molecule has 1 aliphatic carbocycles. The van der Waals surface area contributed by atoms with Crippen molar-refractivity contribution < 1.29 is 14.0 Å². The predicted octanol–water partition coefficient (Wildman–Crippen LogP) is 3.67. The SMILES string of the molecule is COc1cccc(COCc2noc(CC3(CN)CCCCC3)n2)c1.Cl. The van der Waals surface area contributed by atoms with Crippen LogP contribution < -0.4 is 10.5 Å². The van der Waals surface area contributed by atoms with Crippen LogP contribution in [0.5, 0.6) is 5.75 Å². The van der Waals surface area contributed by atoms with E-state index in [-0.39, 0.29) is 17.8 Å². The minimum absolute atomic E-state index is 0. The van der Waals surface area contributed by atoms with Crippen LogP contribution in [0, 0.1) is 5.41 Å². The summed E-state index contributed by atoms with van der Waals surface area (Å²) in [6.07, 6.45) is 6.84. The van der Waals surface area contributed by atoms with Crippen LogP contribution in [0.25, 0.3) is 0 Å². The number of nitrogens with two attached hydrogens (primary N) is 1. The molecule has 0 atom stereocenters. The summed E-state index contributed by atoms with van der Waals surface area (Å²) in [6, 6.07) is 7.81. The zero-order chi connectivity index (χ0) is 17.5. The van der Waals surface area contributed by atoms with Crippen LogP contribution in [-0.4, -0.2) is 23.8 Å². The fourth-order valence-electron chi connectivity index (χ4n) is 3.52. The third-order valence-corrected chi connectivity index (χ3v) is 5.02. The fraction of sp³-hybridized carbons (Fsp3) is 0.579. The largest absolute Gasteiger partial charge is 0.497 e. The van der Waals surface area contributed by atoms with Gasteiger partial charge in [0.2, 0.25) is 5.89 Å². The summed E-state index contributed by atoms with van der Waals surface area (Å²) < 4.78 is 16.3. The Bertz CT molecular complexity index is 672. The van der Waals surface area contributed by atoms with Gasteiger partial charge in [0.05, 0.1) is 13.7 Å². The smallest absolute Gasteiger partial charge is 0.227 e. The van der Waals surface area contributed by atoms with E-state index in [0.717, 1.165) is 30.6 Å². The number of nitrogens with zero attached hydrogens (tertiary/aromatic N) is 2. The Kier molecular flexibility index (Phi) is 7.87. The van der Waals surface area contributed by atoms with Gasteiger partial charge < -0.3 is 19.7 Å².